The Morgan fingerprint density at radius 3 is 1.97 bits per heavy atom. The Morgan fingerprint density at radius 2 is 1.41 bits per heavy atom. The fourth-order valence-corrected chi connectivity index (χ4v) is 3.67. The molecule has 0 fully saturated rings. The number of benzene rings is 3. The van der Waals surface area contributed by atoms with Gasteiger partial charge in [0.15, 0.2) is 36.1 Å². The highest BCUT2D eigenvalue weighted by atomic mass is 16.7. The second-order valence-electron chi connectivity index (χ2n) is 6.65. The molecule has 0 aliphatic rings. The summed E-state index contributed by atoms with van der Waals surface area (Å²) in [6.45, 7) is -0.000235. The van der Waals surface area contributed by atoms with Gasteiger partial charge < -0.3 is 33.2 Å². The number of carbonyl (C=O) groups excluding carboxylic acids is 1. The number of carbonyl (C=O) groups is 1. The topological polar surface area (TPSA) is 81.7 Å². The fourth-order valence-electron chi connectivity index (χ4n) is 3.67. The minimum atomic E-state index is -0.000235. The number of hydrogen-bond donors (Lipinski definition) is 0. The standard InChI is InChI=1S/C24H26O8/c1-26-13-32-18-10-15(12-25)21(14-7-8-17(27-2)19(9-14)28-3)22-16(18)11-20(29-4)23(30-5)24(22)31-6/h7-12H,13H2,1-6H3. The van der Waals surface area contributed by atoms with Gasteiger partial charge in [-0.3, -0.25) is 4.79 Å². The highest BCUT2D eigenvalue weighted by Crippen LogP contribution is 2.51. The van der Waals surface area contributed by atoms with E-state index >= 15 is 0 Å². The van der Waals surface area contributed by atoms with Crippen molar-refractivity contribution < 1.29 is 38.0 Å². The minimum Gasteiger partial charge on any atom is -0.493 e. The van der Waals surface area contributed by atoms with Crippen LogP contribution < -0.4 is 28.4 Å². The molecular weight excluding hydrogens is 416 g/mol. The molecule has 3 aromatic rings. The zero-order valence-electron chi connectivity index (χ0n) is 18.9. The van der Waals surface area contributed by atoms with Crippen LogP contribution in [0.1, 0.15) is 10.4 Å². The molecule has 8 nitrogen and oxygen atoms in total. The van der Waals surface area contributed by atoms with Gasteiger partial charge in [-0.05, 0) is 29.8 Å². The number of aldehydes is 1. The molecule has 8 heteroatoms. The molecule has 0 amide bonds. The third-order valence-electron chi connectivity index (χ3n) is 5.05. The first-order valence-electron chi connectivity index (χ1n) is 9.67. The highest BCUT2D eigenvalue weighted by Gasteiger charge is 2.25. The molecular formula is C24H26O8. The Labute approximate surface area is 186 Å². The van der Waals surface area contributed by atoms with Crippen molar-refractivity contribution in [2.75, 3.05) is 49.5 Å². The average molecular weight is 442 g/mol. The number of rotatable bonds is 10. The van der Waals surface area contributed by atoms with Crippen molar-refractivity contribution in [3.8, 4) is 45.6 Å². The zero-order chi connectivity index (χ0) is 23.3. The molecule has 170 valence electrons. The van der Waals surface area contributed by atoms with E-state index in [1.165, 1.54) is 28.4 Å². The molecule has 3 aromatic carbocycles. The van der Waals surface area contributed by atoms with Gasteiger partial charge in [-0.25, -0.2) is 0 Å². The van der Waals surface area contributed by atoms with Crippen molar-refractivity contribution in [2.45, 2.75) is 0 Å². The molecule has 0 unspecified atom stereocenters. The first-order valence-corrected chi connectivity index (χ1v) is 9.67. The highest BCUT2D eigenvalue weighted by molar-refractivity contribution is 6.11. The fraction of sp³-hybridized carbons (Fsp3) is 0.292. The van der Waals surface area contributed by atoms with E-state index in [9.17, 15) is 4.79 Å². The van der Waals surface area contributed by atoms with Crippen LogP contribution in [0.25, 0.3) is 21.9 Å². The van der Waals surface area contributed by atoms with Crippen molar-refractivity contribution in [3.63, 3.8) is 0 Å². The summed E-state index contributed by atoms with van der Waals surface area (Å²) in [6, 6.07) is 8.85. The molecule has 0 heterocycles. The summed E-state index contributed by atoms with van der Waals surface area (Å²) in [5.74, 6) is 2.78. The van der Waals surface area contributed by atoms with Gasteiger partial charge in [0.2, 0.25) is 5.75 Å². The van der Waals surface area contributed by atoms with Gasteiger partial charge in [-0.15, -0.1) is 0 Å². The van der Waals surface area contributed by atoms with Crippen LogP contribution in [0.15, 0.2) is 30.3 Å². The van der Waals surface area contributed by atoms with Gasteiger partial charge in [-0.2, -0.15) is 0 Å². The van der Waals surface area contributed by atoms with Crippen LogP contribution in [-0.4, -0.2) is 55.7 Å². The monoisotopic (exact) mass is 442 g/mol. The first-order chi connectivity index (χ1) is 15.6. The van der Waals surface area contributed by atoms with Crippen molar-refractivity contribution in [1.82, 2.24) is 0 Å². The summed E-state index contributed by atoms with van der Waals surface area (Å²) >= 11 is 0. The average Bonchev–Trinajstić information content (AvgIpc) is 2.84. The maximum Gasteiger partial charge on any atom is 0.203 e. The summed E-state index contributed by atoms with van der Waals surface area (Å²) in [4.78, 5) is 12.2. The molecule has 32 heavy (non-hydrogen) atoms. The summed E-state index contributed by atoms with van der Waals surface area (Å²) < 4.78 is 38.5. The first kappa shape index (κ1) is 23.0. The van der Waals surface area contributed by atoms with E-state index in [1.54, 1.807) is 38.5 Å². The predicted octanol–water partition coefficient (Wildman–Crippen LogP) is 4.35. The Hall–Kier alpha value is -3.65. The second-order valence-corrected chi connectivity index (χ2v) is 6.65. The molecule has 0 saturated carbocycles. The third-order valence-corrected chi connectivity index (χ3v) is 5.05. The lowest BCUT2D eigenvalue weighted by molar-refractivity contribution is 0.0521. The lowest BCUT2D eigenvalue weighted by Gasteiger charge is -2.21. The number of ether oxygens (including phenoxy) is 7. The van der Waals surface area contributed by atoms with E-state index in [0.717, 1.165) is 11.8 Å². The van der Waals surface area contributed by atoms with Crippen molar-refractivity contribution >= 4 is 17.1 Å². The van der Waals surface area contributed by atoms with E-state index < -0.39 is 0 Å². The van der Waals surface area contributed by atoms with Crippen molar-refractivity contribution in [2.24, 2.45) is 0 Å². The summed E-state index contributed by atoms with van der Waals surface area (Å²) in [6.07, 6.45) is 0.765. The lowest BCUT2D eigenvalue weighted by atomic mass is 9.91. The quantitative estimate of drug-likeness (QED) is 0.339. The van der Waals surface area contributed by atoms with Gasteiger partial charge in [0, 0.05) is 29.0 Å². The van der Waals surface area contributed by atoms with Crippen molar-refractivity contribution in [1.29, 1.82) is 0 Å². The summed E-state index contributed by atoms with van der Waals surface area (Å²) in [5.41, 5.74) is 1.73. The van der Waals surface area contributed by atoms with Crippen LogP contribution in [0.3, 0.4) is 0 Å². The summed E-state index contributed by atoms with van der Waals surface area (Å²) in [7, 11) is 9.22. The number of methoxy groups -OCH3 is 6. The van der Waals surface area contributed by atoms with Gasteiger partial charge >= 0.3 is 0 Å². The number of hydrogen-bond acceptors (Lipinski definition) is 8. The van der Waals surface area contributed by atoms with Gasteiger partial charge in [0.1, 0.15) is 5.75 Å². The predicted molar refractivity (Wildman–Crippen MR) is 120 cm³/mol. The third kappa shape index (κ3) is 3.97. The van der Waals surface area contributed by atoms with Crippen molar-refractivity contribution in [3.05, 3.63) is 35.9 Å². The maximum atomic E-state index is 12.2. The van der Waals surface area contributed by atoms with E-state index in [4.69, 9.17) is 33.2 Å². The van der Waals surface area contributed by atoms with E-state index in [1.807, 2.05) is 6.07 Å². The molecule has 0 radical (unpaired) electrons. The molecule has 0 aromatic heterocycles. The molecule has 0 aliphatic carbocycles. The molecule has 3 rings (SSSR count). The Bertz CT molecular complexity index is 1120. The maximum absolute atomic E-state index is 12.2. The van der Waals surface area contributed by atoms with E-state index in [0.29, 0.717) is 56.4 Å². The van der Waals surface area contributed by atoms with Crippen LogP contribution in [0.4, 0.5) is 0 Å². The smallest absolute Gasteiger partial charge is 0.203 e. The minimum absolute atomic E-state index is 0.000235. The zero-order valence-corrected chi connectivity index (χ0v) is 18.9. The van der Waals surface area contributed by atoms with Gasteiger partial charge in [0.25, 0.3) is 0 Å². The van der Waals surface area contributed by atoms with Gasteiger partial charge in [0.05, 0.1) is 35.5 Å². The van der Waals surface area contributed by atoms with Crippen LogP contribution in [0.2, 0.25) is 0 Å². The lowest BCUT2D eigenvalue weighted by Crippen LogP contribution is -2.04. The molecule has 0 aliphatic heterocycles. The Kier molecular flexibility index (Phi) is 7.27. The Balaban J connectivity index is 2.50. The molecule has 0 spiro atoms. The molecule has 0 N–H and O–H groups in total. The molecule has 0 bridgehead atoms. The van der Waals surface area contributed by atoms with E-state index in [2.05, 4.69) is 0 Å². The van der Waals surface area contributed by atoms with Crippen LogP contribution in [0.5, 0.6) is 34.5 Å². The van der Waals surface area contributed by atoms with Gasteiger partial charge in [-0.1, -0.05) is 6.07 Å². The second kappa shape index (κ2) is 10.1. The van der Waals surface area contributed by atoms with E-state index in [-0.39, 0.29) is 6.79 Å². The number of fused-ring (bicyclic) bond motifs is 1. The molecule has 0 atom stereocenters. The normalized spacial score (nSPS) is 10.6. The SMILES string of the molecule is COCOc1cc(C=O)c(-c2ccc(OC)c(OC)c2)c2c(OC)c(OC)c(OC)cc12. The Morgan fingerprint density at radius 1 is 0.719 bits per heavy atom. The molecule has 0 saturated heterocycles. The largest absolute Gasteiger partial charge is 0.493 e. The van der Waals surface area contributed by atoms with Crippen LogP contribution in [0, 0.1) is 0 Å². The van der Waals surface area contributed by atoms with Crippen LogP contribution >= 0.6 is 0 Å². The summed E-state index contributed by atoms with van der Waals surface area (Å²) in [5, 5.41) is 1.28. The van der Waals surface area contributed by atoms with Crippen LogP contribution in [-0.2, 0) is 4.74 Å².